The SMILES string of the molecule is Cc1ccc(CC(Br)C2(C)CCCC2)cc1C. The van der Waals surface area contributed by atoms with E-state index in [1.54, 1.807) is 0 Å². The fourth-order valence-corrected chi connectivity index (χ4v) is 3.71. The second-order valence-electron chi connectivity index (χ2n) is 5.95. The van der Waals surface area contributed by atoms with E-state index in [0.717, 1.165) is 6.42 Å². The molecule has 17 heavy (non-hydrogen) atoms. The van der Waals surface area contributed by atoms with Gasteiger partial charge in [-0.1, -0.05) is 53.9 Å². The Morgan fingerprint density at radius 3 is 2.41 bits per heavy atom. The van der Waals surface area contributed by atoms with E-state index in [0.29, 0.717) is 10.2 Å². The third-order valence-corrected chi connectivity index (χ3v) is 5.92. The largest absolute Gasteiger partial charge is 0.0881 e. The second-order valence-corrected chi connectivity index (χ2v) is 7.06. The van der Waals surface area contributed by atoms with E-state index in [1.807, 2.05) is 0 Å². The average Bonchev–Trinajstić information content (AvgIpc) is 2.72. The first-order valence-electron chi connectivity index (χ1n) is 6.71. The van der Waals surface area contributed by atoms with Crippen molar-refractivity contribution >= 4 is 15.9 Å². The number of hydrogen-bond donors (Lipinski definition) is 0. The Hall–Kier alpha value is -0.300. The number of aryl methyl sites for hydroxylation is 2. The van der Waals surface area contributed by atoms with E-state index in [9.17, 15) is 0 Å². The van der Waals surface area contributed by atoms with Gasteiger partial charge in [0.2, 0.25) is 0 Å². The van der Waals surface area contributed by atoms with Crippen molar-refractivity contribution in [2.24, 2.45) is 5.41 Å². The first kappa shape index (κ1) is 13.1. The van der Waals surface area contributed by atoms with Gasteiger partial charge in [0.05, 0.1) is 0 Å². The molecule has 94 valence electrons. The van der Waals surface area contributed by atoms with Gasteiger partial charge in [0.15, 0.2) is 0 Å². The topological polar surface area (TPSA) is 0 Å². The van der Waals surface area contributed by atoms with Crippen molar-refractivity contribution in [3.8, 4) is 0 Å². The van der Waals surface area contributed by atoms with Crippen LogP contribution in [0, 0.1) is 19.3 Å². The van der Waals surface area contributed by atoms with Crippen molar-refractivity contribution in [3.63, 3.8) is 0 Å². The van der Waals surface area contributed by atoms with Crippen LogP contribution in [0.2, 0.25) is 0 Å². The van der Waals surface area contributed by atoms with Crippen molar-refractivity contribution in [1.29, 1.82) is 0 Å². The van der Waals surface area contributed by atoms with Crippen LogP contribution in [0.15, 0.2) is 18.2 Å². The van der Waals surface area contributed by atoms with Gasteiger partial charge in [-0.25, -0.2) is 0 Å². The molecular formula is C16H23Br. The lowest BCUT2D eigenvalue weighted by Gasteiger charge is -2.30. The third kappa shape index (κ3) is 2.93. The molecule has 1 aliphatic carbocycles. The van der Waals surface area contributed by atoms with Crippen molar-refractivity contribution in [3.05, 3.63) is 34.9 Å². The summed E-state index contributed by atoms with van der Waals surface area (Å²) in [7, 11) is 0. The van der Waals surface area contributed by atoms with E-state index in [-0.39, 0.29) is 0 Å². The van der Waals surface area contributed by atoms with E-state index in [4.69, 9.17) is 0 Å². The average molecular weight is 295 g/mol. The van der Waals surface area contributed by atoms with Gasteiger partial charge in [-0.3, -0.25) is 0 Å². The number of alkyl halides is 1. The Balaban J connectivity index is 2.07. The third-order valence-electron chi connectivity index (χ3n) is 4.49. The van der Waals surface area contributed by atoms with Crippen molar-refractivity contribution in [2.75, 3.05) is 0 Å². The zero-order chi connectivity index (χ0) is 12.5. The fourth-order valence-electron chi connectivity index (χ4n) is 2.88. The summed E-state index contributed by atoms with van der Waals surface area (Å²) in [6.45, 7) is 6.84. The molecule has 0 aliphatic heterocycles. The molecule has 0 spiro atoms. The van der Waals surface area contributed by atoms with Crippen LogP contribution in [-0.4, -0.2) is 4.83 Å². The minimum absolute atomic E-state index is 0.513. The highest BCUT2D eigenvalue weighted by Gasteiger charge is 2.35. The molecule has 0 aromatic heterocycles. The molecule has 0 amide bonds. The lowest BCUT2D eigenvalue weighted by atomic mass is 9.82. The van der Waals surface area contributed by atoms with Gasteiger partial charge in [-0.2, -0.15) is 0 Å². The fraction of sp³-hybridized carbons (Fsp3) is 0.625. The van der Waals surface area contributed by atoms with E-state index < -0.39 is 0 Å². The van der Waals surface area contributed by atoms with Gasteiger partial charge in [0, 0.05) is 4.83 Å². The zero-order valence-corrected chi connectivity index (χ0v) is 12.8. The summed E-state index contributed by atoms with van der Waals surface area (Å²) in [5.41, 5.74) is 4.80. The van der Waals surface area contributed by atoms with E-state index >= 15 is 0 Å². The maximum Gasteiger partial charge on any atom is 0.0239 e. The van der Waals surface area contributed by atoms with Crippen molar-refractivity contribution in [2.45, 2.75) is 57.7 Å². The van der Waals surface area contributed by atoms with Gasteiger partial charge in [-0.05, 0) is 55.2 Å². The monoisotopic (exact) mass is 294 g/mol. The molecular weight excluding hydrogens is 272 g/mol. The molecule has 1 atom stereocenters. The Bertz CT molecular complexity index is 389. The first-order chi connectivity index (χ1) is 8.01. The first-order valence-corrected chi connectivity index (χ1v) is 7.63. The number of benzene rings is 1. The molecule has 0 heterocycles. The highest BCUT2D eigenvalue weighted by atomic mass is 79.9. The van der Waals surface area contributed by atoms with Crippen molar-refractivity contribution < 1.29 is 0 Å². The molecule has 0 bridgehead atoms. The summed E-state index contributed by atoms with van der Waals surface area (Å²) in [6.07, 6.45) is 6.75. The molecule has 0 N–H and O–H groups in total. The zero-order valence-electron chi connectivity index (χ0n) is 11.2. The lowest BCUT2D eigenvalue weighted by molar-refractivity contribution is 0.325. The van der Waals surface area contributed by atoms with Gasteiger partial charge >= 0.3 is 0 Å². The maximum atomic E-state index is 3.94. The molecule has 1 aromatic carbocycles. The van der Waals surface area contributed by atoms with Gasteiger partial charge in [0.1, 0.15) is 0 Å². The molecule has 1 aliphatic rings. The van der Waals surface area contributed by atoms with Crippen LogP contribution < -0.4 is 0 Å². The summed E-state index contributed by atoms with van der Waals surface area (Å²) in [4.78, 5) is 0.625. The Labute approximate surface area is 114 Å². The van der Waals surface area contributed by atoms with Gasteiger partial charge in [-0.15, -0.1) is 0 Å². The smallest absolute Gasteiger partial charge is 0.0239 e. The highest BCUT2D eigenvalue weighted by molar-refractivity contribution is 9.09. The normalized spacial score (nSPS) is 20.5. The molecule has 0 radical (unpaired) electrons. The van der Waals surface area contributed by atoms with E-state index in [2.05, 4.69) is 54.9 Å². The molecule has 2 rings (SSSR count). The van der Waals surface area contributed by atoms with Crippen LogP contribution >= 0.6 is 15.9 Å². The summed E-state index contributed by atoms with van der Waals surface area (Å²) in [5, 5.41) is 0. The molecule has 1 fully saturated rings. The number of rotatable bonds is 3. The van der Waals surface area contributed by atoms with Crippen LogP contribution in [0.4, 0.5) is 0 Å². The van der Waals surface area contributed by atoms with Crippen LogP contribution in [0.25, 0.3) is 0 Å². The van der Waals surface area contributed by atoms with Gasteiger partial charge in [0.25, 0.3) is 0 Å². The number of halogens is 1. The lowest BCUT2D eigenvalue weighted by Crippen LogP contribution is -2.26. The quantitative estimate of drug-likeness (QED) is 0.673. The maximum absolute atomic E-state index is 3.94. The van der Waals surface area contributed by atoms with Gasteiger partial charge < -0.3 is 0 Å². The standard InChI is InChI=1S/C16H23Br/c1-12-6-7-14(10-13(12)2)11-15(17)16(3)8-4-5-9-16/h6-7,10,15H,4-5,8-9,11H2,1-3H3. The Morgan fingerprint density at radius 1 is 1.18 bits per heavy atom. The molecule has 1 saturated carbocycles. The summed E-state index contributed by atoms with van der Waals surface area (Å²) in [5.74, 6) is 0. The Morgan fingerprint density at radius 2 is 1.82 bits per heavy atom. The molecule has 0 saturated heterocycles. The Kier molecular flexibility index (Phi) is 3.97. The van der Waals surface area contributed by atoms with Crippen LogP contribution in [-0.2, 0) is 6.42 Å². The second kappa shape index (κ2) is 5.14. The minimum Gasteiger partial charge on any atom is -0.0881 e. The van der Waals surface area contributed by atoms with Crippen LogP contribution in [0.5, 0.6) is 0 Å². The van der Waals surface area contributed by atoms with Crippen LogP contribution in [0.3, 0.4) is 0 Å². The van der Waals surface area contributed by atoms with Crippen molar-refractivity contribution in [1.82, 2.24) is 0 Å². The predicted molar refractivity (Wildman–Crippen MR) is 78.9 cm³/mol. The molecule has 1 heteroatoms. The summed E-state index contributed by atoms with van der Waals surface area (Å²) in [6, 6.07) is 6.89. The van der Waals surface area contributed by atoms with E-state index in [1.165, 1.54) is 42.4 Å². The molecule has 1 aromatic rings. The van der Waals surface area contributed by atoms with Crippen LogP contribution in [0.1, 0.15) is 49.3 Å². The molecule has 1 unspecified atom stereocenters. The summed E-state index contributed by atoms with van der Waals surface area (Å²) >= 11 is 3.94. The molecule has 0 nitrogen and oxygen atoms in total. The predicted octanol–water partition coefficient (Wildman–Crippen LogP) is 5.19. The number of hydrogen-bond acceptors (Lipinski definition) is 0. The summed E-state index contributed by atoms with van der Waals surface area (Å²) < 4.78 is 0. The minimum atomic E-state index is 0.513. The highest BCUT2D eigenvalue weighted by Crippen LogP contribution is 2.44.